The Bertz CT molecular complexity index is 278. The van der Waals surface area contributed by atoms with Crippen molar-refractivity contribution in [2.45, 2.75) is 32.1 Å². The van der Waals surface area contributed by atoms with Gasteiger partial charge in [0.1, 0.15) is 5.41 Å². The van der Waals surface area contributed by atoms with Crippen molar-refractivity contribution in [2.75, 3.05) is 20.2 Å². The second kappa shape index (κ2) is 3.83. The van der Waals surface area contributed by atoms with E-state index in [0.717, 1.165) is 32.4 Å². The van der Waals surface area contributed by atoms with E-state index in [4.69, 9.17) is 4.74 Å². The highest BCUT2D eigenvalue weighted by Crippen LogP contribution is 2.44. The molecule has 1 saturated heterocycles. The molecule has 2 rings (SSSR count). The summed E-state index contributed by atoms with van der Waals surface area (Å²) in [7, 11) is 1.36. The van der Waals surface area contributed by atoms with E-state index in [0.29, 0.717) is 12.8 Å². The standard InChI is InChI=1S/C11H17NO3/c1-15-10(14)11(5-4-6-11)9(13)12-7-2-3-8-12/h2-8H2,1H3. The molecule has 4 heteroatoms. The first-order valence-electron chi connectivity index (χ1n) is 5.58. The molecule has 1 saturated carbocycles. The molecular weight excluding hydrogens is 194 g/mol. The van der Waals surface area contributed by atoms with Gasteiger partial charge in [0.2, 0.25) is 5.91 Å². The van der Waals surface area contributed by atoms with Crippen molar-refractivity contribution in [1.82, 2.24) is 4.90 Å². The Morgan fingerprint density at radius 1 is 1.13 bits per heavy atom. The van der Waals surface area contributed by atoms with E-state index in [2.05, 4.69) is 0 Å². The first-order valence-corrected chi connectivity index (χ1v) is 5.58. The second-order valence-corrected chi connectivity index (χ2v) is 4.43. The van der Waals surface area contributed by atoms with Crippen molar-refractivity contribution >= 4 is 11.9 Å². The smallest absolute Gasteiger partial charge is 0.321 e. The van der Waals surface area contributed by atoms with Crippen molar-refractivity contribution in [3.8, 4) is 0 Å². The molecule has 1 aliphatic carbocycles. The van der Waals surface area contributed by atoms with Crippen LogP contribution in [0.25, 0.3) is 0 Å². The lowest BCUT2D eigenvalue weighted by Crippen LogP contribution is -2.52. The molecule has 0 unspecified atom stereocenters. The summed E-state index contributed by atoms with van der Waals surface area (Å²) in [6.45, 7) is 1.61. The van der Waals surface area contributed by atoms with Gasteiger partial charge in [0, 0.05) is 13.1 Å². The van der Waals surface area contributed by atoms with Crippen molar-refractivity contribution in [3.63, 3.8) is 0 Å². The van der Waals surface area contributed by atoms with E-state index in [1.807, 2.05) is 4.90 Å². The highest BCUT2D eigenvalue weighted by molar-refractivity contribution is 6.03. The SMILES string of the molecule is COC(=O)C1(C(=O)N2CCCC2)CCC1. The number of hydrogen-bond acceptors (Lipinski definition) is 3. The van der Waals surface area contributed by atoms with Crippen LogP contribution in [-0.4, -0.2) is 37.0 Å². The van der Waals surface area contributed by atoms with Gasteiger partial charge in [0.15, 0.2) is 0 Å². The van der Waals surface area contributed by atoms with Crippen molar-refractivity contribution in [2.24, 2.45) is 5.41 Å². The summed E-state index contributed by atoms with van der Waals surface area (Å²) >= 11 is 0. The van der Waals surface area contributed by atoms with Crippen LogP contribution in [-0.2, 0) is 14.3 Å². The van der Waals surface area contributed by atoms with Gasteiger partial charge < -0.3 is 9.64 Å². The Morgan fingerprint density at radius 2 is 1.73 bits per heavy atom. The predicted molar refractivity (Wildman–Crippen MR) is 54.1 cm³/mol. The predicted octanol–water partition coefficient (Wildman–Crippen LogP) is 0.952. The monoisotopic (exact) mass is 211 g/mol. The van der Waals surface area contributed by atoms with Gasteiger partial charge >= 0.3 is 5.97 Å². The Morgan fingerprint density at radius 3 is 2.13 bits per heavy atom. The van der Waals surface area contributed by atoms with E-state index in [9.17, 15) is 9.59 Å². The highest BCUT2D eigenvalue weighted by Gasteiger charge is 2.53. The minimum Gasteiger partial charge on any atom is -0.468 e. The zero-order valence-corrected chi connectivity index (χ0v) is 9.12. The quantitative estimate of drug-likeness (QED) is 0.504. The molecule has 0 atom stereocenters. The van der Waals surface area contributed by atoms with Gasteiger partial charge in [0.05, 0.1) is 7.11 Å². The fourth-order valence-corrected chi connectivity index (χ4v) is 2.45. The van der Waals surface area contributed by atoms with Crippen LogP contribution in [0.1, 0.15) is 32.1 Å². The van der Waals surface area contributed by atoms with Crippen LogP contribution in [0.5, 0.6) is 0 Å². The summed E-state index contributed by atoms with van der Waals surface area (Å²) in [6.07, 6.45) is 4.39. The molecule has 0 aromatic carbocycles. The number of nitrogens with zero attached hydrogens (tertiary/aromatic N) is 1. The molecule has 1 aliphatic heterocycles. The topological polar surface area (TPSA) is 46.6 Å². The maximum Gasteiger partial charge on any atom is 0.321 e. The highest BCUT2D eigenvalue weighted by atomic mass is 16.5. The van der Waals surface area contributed by atoms with Gasteiger partial charge in [-0.15, -0.1) is 0 Å². The average Bonchev–Trinajstić information content (AvgIpc) is 2.68. The Kier molecular flexibility index (Phi) is 2.67. The van der Waals surface area contributed by atoms with Gasteiger partial charge in [0.25, 0.3) is 0 Å². The molecule has 0 aromatic heterocycles. The molecule has 1 amide bonds. The molecule has 15 heavy (non-hydrogen) atoms. The molecule has 0 N–H and O–H groups in total. The number of ether oxygens (including phenoxy) is 1. The summed E-state index contributed by atoms with van der Waals surface area (Å²) < 4.78 is 4.75. The molecule has 84 valence electrons. The number of esters is 1. The molecule has 0 spiro atoms. The number of carbonyl (C=O) groups is 2. The second-order valence-electron chi connectivity index (χ2n) is 4.43. The molecule has 4 nitrogen and oxygen atoms in total. The van der Waals surface area contributed by atoms with Crippen LogP contribution >= 0.6 is 0 Å². The van der Waals surface area contributed by atoms with Crippen molar-refractivity contribution in [1.29, 1.82) is 0 Å². The van der Waals surface area contributed by atoms with Crippen molar-refractivity contribution < 1.29 is 14.3 Å². The van der Waals surface area contributed by atoms with E-state index in [1.54, 1.807) is 0 Å². The first-order chi connectivity index (χ1) is 7.20. The lowest BCUT2D eigenvalue weighted by Gasteiger charge is -2.39. The van der Waals surface area contributed by atoms with Crippen LogP contribution in [0.4, 0.5) is 0 Å². The van der Waals surface area contributed by atoms with Gasteiger partial charge in [-0.05, 0) is 25.7 Å². The fraction of sp³-hybridized carbons (Fsp3) is 0.818. The van der Waals surface area contributed by atoms with E-state index >= 15 is 0 Å². The number of rotatable bonds is 2. The van der Waals surface area contributed by atoms with Gasteiger partial charge in [-0.25, -0.2) is 0 Å². The normalized spacial score (nSPS) is 23.4. The van der Waals surface area contributed by atoms with Crippen LogP contribution in [0.15, 0.2) is 0 Å². The Hall–Kier alpha value is -1.06. The van der Waals surface area contributed by atoms with Gasteiger partial charge in [-0.2, -0.15) is 0 Å². The average molecular weight is 211 g/mol. The molecule has 0 aromatic rings. The summed E-state index contributed by atoms with van der Waals surface area (Å²) in [5, 5.41) is 0. The third kappa shape index (κ3) is 1.52. The molecule has 2 aliphatic rings. The summed E-state index contributed by atoms with van der Waals surface area (Å²) in [5.41, 5.74) is -0.820. The number of methoxy groups -OCH3 is 1. The van der Waals surface area contributed by atoms with Crippen LogP contribution in [0.2, 0.25) is 0 Å². The Labute approximate surface area is 89.6 Å². The molecular formula is C11H17NO3. The Balaban J connectivity index is 2.11. The largest absolute Gasteiger partial charge is 0.468 e. The first kappa shape index (κ1) is 10.5. The maximum absolute atomic E-state index is 12.2. The number of carbonyl (C=O) groups excluding carboxylic acids is 2. The fourth-order valence-electron chi connectivity index (χ4n) is 2.45. The maximum atomic E-state index is 12.2. The molecule has 1 heterocycles. The third-order valence-electron chi connectivity index (χ3n) is 3.59. The molecule has 0 radical (unpaired) electrons. The van der Waals surface area contributed by atoms with E-state index < -0.39 is 5.41 Å². The zero-order chi connectivity index (χ0) is 10.9. The zero-order valence-electron chi connectivity index (χ0n) is 9.12. The number of likely N-dealkylation sites (tertiary alicyclic amines) is 1. The lowest BCUT2D eigenvalue weighted by molar-refractivity contribution is -0.169. The van der Waals surface area contributed by atoms with Crippen LogP contribution < -0.4 is 0 Å². The van der Waals surface area contributed by atoms with E-state index in [1.165, 1.54) is 7.11 Å². The van der Waals surface area contributed by atoms with Crippen molar-refractivity contribution in [3.05, 3.63) is 0 Å². The summed E-state index contributed by atoms with van der Waals surface area (Å²) in [6, 6.07) is 0. The van der Waals surface area contributed by atoms with Crippen LogP contribution in [0.3, 0.4) is 0 Å². The van der Waals surface area contributed by atoms with E-state index in [-0.39, 0.29) is 11.9 Å². The van der Waals surface area contributed by atoms with Gasteiger partial charge in [-0.3, -0.25) is 9.59 Å². The number of amides is 1. The molecule has 0 bridgehead atoms. The molecule has 2 fully saturated rings. The van der Waals surface area contributed by atoms with Gasteiger partial charge in [-0.1, -0.05) is 6.42 Å². The minimum atomic E-state index is -0.820. The van der Waals surface area contributed by atoms with Crippen LogP contribution in [0, 0.1) is 5.41 Å². The lowest BCUT2D eigenvalue weighted by atomic mass is 9.67. The summed E-state index contributed by atoms with van der Waals surface area (Å²) in [5.74, 6) is -0.344. The summed E-state index contributed by atoms with van der Waals surface area (Å²) in [4.78, 5) is 25.6. The third-order valence-corrected chi connectivity index (χ3v) is 3.59. The minimum absolute atomic E-state index is 0.00176. The number of hydrogen-bond donors (Lipinski definition) is 0.